The minimum absolute atomic E-state index is 0.247. The van der Waals surface area contributed by atoms with Crippen molar-refractivity contribution >= 4 is 22.9 Å². The Balaban J connectivity index is 1.62. The average Bonchev–Trinajstić information content (AvgIpc) is 2.93. The minimum atomic E-state index is -0.458. The van der Waals surface area contributed by atoms with Gasteiger partial charge in [-0.25, -0.2) is 14.8 Å². The molecular weight excluding hydrogens is 282 g/mol. The van der Waals surface area contributed by atoms with Crippen LogP contribution in [0.4, 0.5) is 10.6 Å². The molecule has 0 bridgehead atoms. The Kier molecular flexibility index (Phi) is 3.64. The molecule has 0 saturated carbocycles. The van der Waals surface area contributed by atoms with Crippen LogP contribution in [-0.2, 0) is 4.74 Å². The van der Waals surface area contributed by atoms with Gasteiger partial charge in [-0.15, -0.1) is 0 Å². The van der Waals surface area contributed by atoms with E-state index in [2.05, 4.69) is 19.9 Å². The van der Waals surface area contributed by atoms with E-state index in [0.717, 1.165) is 29.9 Å². The van der Waals surface area contributed by atoms with E-state index < -0.39 is 5.60 Å². The molecule has 0 atom stereocenters. The average molecular weight is 303 g/mol. The van der Waals surface area contributed by atoms with Gasteiger partial charge in [-0.05, 0) is 20.8 Å². The lowest BCUT2D eigenvalue weighted by molar-refractivity contribution is 0.0240. The highest BCUT2D eigenvalue weighted by molar-refractivity contribution is 5.76. The summed E-state index contributed by atoms with van der Waals surface area (Å²) < 4.78 is 5.40. The molecule has 1 fully saturated rings. The smallest absolute Gasteiger partial charge is 0.410 e. The number of aromatic amines is 1. The van der Waals surface area contributed by atoms with Gasteiger partial charge >= 0.3 is 6.09 Å². The van der Waals surface area contributed by atoms with E-state index in [0.29, 0.717) is 13.1 Å². The SMILES string of the molecule is CC(C)(C)OC(=O)N1CCN(c2cc3nc[nH]c3cn2)CC1. The number of hydrogen-bond donors (Lipinski definition) is 1. The molecule has 1 aliphatic heterocycles. The lowest BCUT2D eigenvalue weighted by Gasteiger charge is -2.36. The van der Waals surface area contributed by atoms with Crippen molar-refractivity contribution in [1.29, 1.82) is 0 Å². The summed E-state index contributed by atoms with van der Waals surface area (Å²) >= 11 is 0. The number of nitrogens with one attached hydrogen (secondary N) is 1. The van der Waals surface area contributed by atoms with Gasteiger partial charge in [0.1, 0.15) is 11.4 Å². The van der Waals surface area contributed by atoms with Crippen LogP contribution in [0.3, 0.4) is 0 Å². The summed E-state index contributed by atoms with van der Waals surface area (Å²) in [6.07, 6.45) is 3.21. The Morgan fingerprint density at radius 2 is 1.95 bits per heavy atom. The number of imidazole rings is 1. The predicted molar refractivity (Wildman–Crippen MR) is 83.9 cm³/mol. The molecule has 1 amide bonds. The van der Waals surface area contributed by atoms with Gasteiger partial charge in [-0.3, -0.25) is 0 Å². The number of aromatic nitrogens is 3. The number of carbonyl (C=O) groups is 1. The first kappa shape index (κ1) is 14.6. The second-order valence-electron chi connectivity index (χ2n) is 6.42. The van der Waals surface area contributed by atoms with Crippen LogP contribution in [0, 0.1) is 0 Å². The number of H-pyrrole nitrogens is 1. The molecule has 1 saturated heterocycles. The third-order valence-electron chi connectivity index (χ3n) is 3.55. The van der Waals surface area contributed by atoms with Crippen molar-refractivity contribution in [2.45, 2.75) is 26.4 Å². The van der Waals surface area contributed by atoms with E-state index in [4.69, 9.17) is 4.74 Å². The lowest BCUT2D eigenvalue weighted by Crippen LogP contribution is -2.50. The van der Waals surface area contributed by atoms with Crippen molar-refractivity contribution < 1.29 is 9.53 Å². The molecule has 1 aliphatic rings. The van der Waals surface area contributed by atoms with Gasteiger partial charge < -0.3 is 19.5 Å². The molecule has 0 unspecified atom stereocenters. The number of pyridine rings is 1. The summed E-state index contributed by atoms with van der Waals surface area (Å²) in [7, 11) is 0. The van der Waals surface area contributed by atoms with Crippen LogP contribution in [0.15, 0.2) is 18.6 Å². The van der Waals surface area contributed by atoms with Crippen LogP contribution >= 0.6 is 0 Å². The molecule has 3 rings (SSSR count). The quantitative estimate of drug-likeness (QED) is 0.872. The third kappa shape index (κ3) is 3.13. The maximum absolute atomic E-state index is 12.1. The number of anilines is 1. The van der Waals surface area contributed by atoms with Crippen LogP contribution in [0.1, 0.15) is 20.8 Å². The maximum atomic E-state index is 12.1. The zero-order chi connectivity index (χ0) is 15.7. The zero-order valence-corrected chi connectivity index (χ0v) is 13.2. The molecule has 118 valence electrons. The highest BCUT2D eigenvalue weighted by atomic mass is 16.6. The van der Waals surface area contributed by atoms with Crippen LogP contribution in [0.5, 0.6) is 0 Å². The first-order chi connectivity index (χ1) is 10.4. The molecule has 2 aromatic rings. The van der Waals surface area contributed by atoms with E-state index in [1.54, 1.807) is 17.4 Å². The fourth-order valence-electron chi connectivity index (χ4n) is 2.44. The van der Waals surface area contributed by atoms with Gasteiger partial charge in [0.2, 0.25) is 0 Å². The van der Waals surface area contributed by atoms with Crippen LogP contribution in [0.25, 0.3) is 11.0 Å². The van der Waals surface area contributed by atoms with Crippen molar-refractivity contribution in [3.63, 3.8) is 0 Å². The van der Waals surface area contributed by atoms with E-state index in [1.807, 2.05) is 26.8 Å². The Morgan fingerprint density at radius 1 is 1.23 bits per heavy atom. The summed E-state index contributed by atoms with van der Waals surface area (Å²) in [5.74, 6) is 0.892. The van der Waals surface area contributed by atoms with E-state index in [-0.39, 0.29) is 6.09 Å². The topological polar surface area (TPSA) is 74.3 Å². The molecule has 7 nitrogen and oxygen atoms in total. The van der Waals surface area contributed by atoms with Crippen molar-refractivity contribution in [2.24, 2.45) is 0 Å². The minimum Gasteiger partial charge on any atom is -0.444 e. The molecule has 0 radical (unpaired) electrons. The maximum Gasteiger partial charge on any atom is 0.410 e. The van der Waals surface area contributed by atoms with E-state index in [1.165, 1.54) is 0 Å². The summed E-state index contributed by atoms with van der Waals surface area (Å²) in [5.41, 5.74) is 1.37. The number of amides is 1. The fraction of sp³-hybridized carbons (Fsp3) is 0.533. The van der Waals surface area contributed by atoms with Gasteiger partial charge in [-0.1, -0.05) is 0 Å². The number of rotatable bonds is 1. The molecule has 0 aromatic carbocycles. The number of ether oxygens (including phenoxy) is 1. The fourth-order valence-corrected chi connectivity index (χ4v) is 2.44. The second kappa shape index (κ2) is 5.47. The van der Waals surface area contributed by atoms with Gasteiger partial charge in [0.05, 0.1) is 23.6 Å². The van der Waals surface area contributed by atoms with Crippen molar-refractivity contribution in [3.05, 3.63) is 18.6 Å². The number of hydrogen-bond acceptors (Lipinski definition) is 5. The van der Waals surface area contributed by atoms with Crippen molar-refractivity contribution in [1.82, 2.24) is 19.9 Å². The molecule has 0 aliphatic carbocycles. The molecule has 0 spiro atoms. The van der Waals surface area contributed by atoms with Crippen molar-refractivity contribution in [2.75, 3.05) is 31.1 Å². The Hall–Kier alpha value is -2.31. The Morgan fingerprint density at radius 3 is 2.64 bits per heavy atom. The first-order valence-corrected chi connectivity index (χ1v) is 7.44. The standard InChI is InChI=1S/C15H21N5O2/c1-15(2,3)22-14(21)20-6-4-19(5-7-20)13-8-11-12(9-16-13)18-10-17-11/h8-10H,4-7H2,1-3H3,(H,17,18). The van der Waals surface area contributed by atoms with Gasteiger partial charge in [0.25, 0.3) is 0 Å². The number of carbonyl (C=O) groups excluding carboxylic acids is 1. The Bertz CT molecular complexity index is 668. The molecule has 3 heterocycles. The third-order valence-corrected chi connectivity index (χ3v) is 3.55. The highest BCUT2D eigenvalue weighted by Gasteiger charge is 2.26. The molecule has 7 heteroatoms. The summed E-state index contributed by atoms with van der Waals surface area (Å²) in [6, 6.07) is 1.97. The predicted octanol–water partition coefficient (Wildman–Crippen LogP) is 2.01. The summed E-state index contributed by atoms with van der Waals surface area (Å²) in [6.45, 7) is 8.38. The number of fused-ring (bicyclic) bond motifs is 1. The largest absolute Gasteiger partial charge is 0.444 e. The molecule has 2 aromatic heterocycles. The van der Waals surface area contributed by atoms with Crippen LogP contribution in [-0.4, -0.2) is 57.7 Å². The van der Waals surface area contributed by atoms with Gasteiger partial charge in [0.15, 0.2) is 0 Å². The van der Waals surface area contributed by atoms with Crippen LogP contribution in [0.2, 0.25) is 0 Å². The first-order valence-electron chi connectivity index (χ1n) is 7.44. The van der Waals surface area contributed by atoms with Crippen molar-refractivity contribution in [3.8, 4) is 0 Å². The lowest BCUT2D eigenvalue weighted by atomic mass is 10.2. The normalized spacial score (nSPS) is 16.1. The monoisotopic (exact) mass is 303 g/mol. The number of nitrogens with zero attached hydrogens (tertiary/aromatic N) is 4. The molecular formula is C15H21N5O2. The molecule has 22 heavy (non-hydrogen) atoms. The summed E-state index contributed by atoms with van der Waals surface area (Å²) in [4.78, 5) is 27.7. The zero-order valence-electron chi connectivity index (χ0n) is 13.2. The van der Waals surface area contributed by atoms with Crippen LogP contribution < -0.4 is 4.90 Å². The highest BCUT2D eigenvalue weighted by Crippen LogP contribution is 2.19. The summed E-state index contributed by atoms with van der Waals surface area (Å²) in [5, 5.41) is 0. The van der Waals surface area contributed by atoms with Gasteiger partial charge in [-0.2, -0.15) is 0 Å². The second-order valence-corrected chi connectivity index (χ2v) is 6.42. The van der Waals surface area contributed by atoms with Gasteiger partial charge in [0, 0.05) is 32.2 Å². The van der Waals surface area contributed by atoms with E-state index >= 15 is 0 Å². The Labute approximate surface area is 129 Å². The number of piperazine rings is 1. The van der Waals surface area contributed by atoms with E-state index in [9.17, 15) is 4.79 Å². The molecule has 1 N–H and O–H groups in total.